The molecule has 0 saturated carbocycles. The van der Waals surface area contributed by atoms with Gasteiger partial charge in [-0.3, -0.25) is 0 Å². The molecule has 16 heavy (non-hydrogen) atoms. The van der Waals surface area contributed by atoms with Crippen LogP contribution in [0, 0.1) is 5.92 Å². The van der Waals surface area contributed by atoms with Crippen LogP contribution in [0.5, 0.6) is 0 Å². The summed E-state index contributed by atoms with van der Waals surface area (Å²) < 4.78 is 25.8. The van der Waals surface area contributed by atoms with E-state index in [2.05, 4.69) is 18.6 Å². The van der Waals surface area contributed by atoms with Gasteiger partial charge >= 0.3 is 0 Å². The molecule has 1 atom stereocenters. The van der Waals surface area contributed by atoms with Gasteiger partial charge in [-0.25, -0.2) is 13.1 Å². The number of rotatable bonds is 9. The maximum Gasteiger partial charge on any atom is 0.211 e. The lowest BCUT2D eigenvalue weighted by atomic mass is 10.1. The highest BCUT2D eigenvalue weighted by Crippen LogP contribution is 2.07. The third-order valence-electron chi connectivity index (χ3n) is 2.38. The Morgan fingerprint density at radius 1 is 1.12 bits per heavy atom. The first kappa shape index (κ1) is 15.9. The van der Waals surface area contributed by atoms with Crippen LogP contribution in [-0.2, 0) is 10.0 Å². The molecule has 0 saturated heterocycles. The van der Waals surface area contributed by atoms with Crippen molar-refractivity contribution in [2.75, 3.05) is 12.4 Å². The molecule has 0 aliphatic rings. The minimum atomic E-state index is -3.16. The molecule has 1 unspecified atom stereocenters. The number of aliphatic hydroxyl groups is 1. The molecule has 4 nitrogen and oxygen atoms in total. The number of hydrogen-bond acceptors (Lipinski definition) is 3. The Morgan fingerprint density at radius 2 is 1.75 bits per heavy atom. The van der Waals surface area contributed by atoms with Gasteiger partial charge in [-0.2, -0.15) is 0 Å². The van der Waals surface area contributed by atoms with Gasteiger partial charge in [0, 0.05) is 12.6 Å². The summed E-state index contributed by atoms with van der Waals surface area (Å²) >= 11 is 0. The van der Waals surface area contributed by atoms with Gasteiger partial charge in [-0.15, -0.1) is 0 Å². The van der Waals surface area contributed by atoms with Gasteiger partial charge < -0.3 is 5.11 Å². The van der Waals surface area contributed by atoms with Crippen LogP contribution in [0.15, 0.2) is 0 Å². The van der Waals surface area contributed by atoms with Gasteiger partial charge in [0.05, 0.1) is 5.75 Å². The predicted octanol–water partition coefficient (Wildman–Crippen LogP) is 1.50. The molecule has 0 spiro atoms. The van der Waals surface area contributed by atoms with E-state index in [1.165, 1.54) is 0 Å². The number of aliphatic hydroxyl groups excluding tert-OH is 1. The average Bonchev–Trinajstić information content (AvgIpc) is 2.14. The van der Waals surface area contributed by atoms with Crippen LogP contribution in [0.1, 0.15) is 46.5 Å². The van der Waals surface area contributed by atoms with Gasteiger partial charge in [0.15, 0.2) is 0 Å². The summed E-state index contributed by atoms with van der Waals surface area (Å²) in [5.41, 5.74) is 0. The minimum absolute atomic E-state index is 0.00141. The monoisotopic (exact) mass is 251 g/mol. The van der Waals surface area contributed by atoms with E-state index in [1.54, 1.807) is 0 Å². The molecule has 0 heterocycles. The first-order valence-corrected chi connectivity index (χ1v) is 7.63. The Morgan fingerprint density at radius 3 is 2.25 bits per heavy atom. The van der Waals surface area contributed by atoms with Crippen molar-refractivity contribution in [2.45, 2.75) is 52.5 Å². The molecule has 0 fully saturated rings. The third kappa shape index (κ3) is 9.12. The number of nitrogens with one attached hydrogen (secondary N) is 1. The van der Waals surface area contributed by atoms with E-state index in [0.29, 0.717) is 18.8 Å². The lowest BCUT2D eigenvalue weighted by Crippen LogP contribution is -2.34. The van der Waals surface area contributed by atoms with Crippen LogP contribution >= 0.6 is 0 Å². The molecule has 0 aliphatic heterocycles. The highest BCUT2D eigenvalue weighted by atomic mass is 32.2. The fraction of sp³-hybridized carbons (Fsp3) is 1.00. The fourth-order valence-electron chi connectivity index (χ4n) is 1.41. The maximum absolute atomic E-state index is 11.6. The molecule has 5 heteroatoms. The zero-order chi connectivity index (χ0) is 12.6. The number of sulfonamides is 1. The Bertz CT molecular complexity index is 262. The largest absolute Gasteiger partial charge is 0.396 e. The topological polar surface area (TPSA) is 66.4 Å². The quantitative estimate of drug-likeness (QED) is 0.610. The molecule has 2 N–H and O–H groups in total. The summed E-state index contributed by atoms with van der Waals surface area (Å²) in [7, 11) is -3.16. The molecular weight excluding hydrogens is 226 g/mol. The second-order valence-electron chi connectivity index (χ2n) is 4.74. The Balaban J connectivity index is 3.86. The standard InChI is InChI=1S/C11H25NO3S/c1-10(2)6-7-11(3)12-16(14,15)9-5-4-8-13/h10-13H,4-9H2,1-3H3. The third-order valence-corrected chi connectivity index (χ3v) is 3.97. The first-order chi connectivity index (χ1) is 7.37. The molecule has 0 aliphatic carbocycles. The maximum atomic E-state index is 11.6. The highest BCUT2D eigenvalue weighted by Gasteiger charge is 2.13. The van der Waals surface area contributed by atoms with Crippen molar-refractivity contribution in [2.24, 2.45) is 5.92 Å². The molecule has 0 bridgehead atoms. The van der Waals surface area contributed by atoms with Gasteiger partial charge in [0.2, 0.25) is 10.0 Å². The summed E-state index contributed by atoms with van der Waals surface area (Å²) in [6, 6.07) is 0.00141. The van der Waals surface area contributed by atoms with Gasteiger partial charge in [0.25, 0.3) is 0 Å². The van der Waals surface area contributed by atoms with Crippen LogP contribution in [0.2, 0.25) is 0 Å². The predicted molar refractivity (Wildman–Crippen MR) is 66.8 cm³/mol. The highest BCUT2D eigenvalue weighted by molar-refractivity contribution is 7.89. The van der Waals surface area contributed by atoms with Crippen molar-refractivity contribution in [3.63, 3.8) is 0 Å². The zero-order valence-corrected chi connectivity index (χ0v) is 11.4. The summed E-state index contributed by atoms with van der Waals surface area (Å²) in [6.45, 7) is 6.20. The molecule has 0 aromatic rings. The average molecular weight is 251 g/mol. The second-order valence-corrected chi connectivity index (χ2v) is 6.61. The van der Waals surface area contributed by atoms with Crippen LogP contribution in [0.4, 0.5) is 0 Å². The summed E-state index contributed by atoms with van der Waals surface area (Å²) in [4.78, 5) is 0. The Kier molecular flexibility index (Phi) is 7.97. The SMILES string of the molecule is CC(C)CCC(C)NS(=O)(=O)CCCCO. The minimum Gasteiger partial charge on any atom is -0.396 e. The van der Waals surface area contributed by atoms with E-state index >= 15 is 0 Å². The van der Waals surface area contributed by atoms with E-state index in [4.69, 9.17) is 5.11 Å². The van der Waals surface area contributed by atoms with Crippen molar-refractivity contribution in [1.29, 1.82) is 0 Å². The lowest BCUT2D eigenvalue weighted by molar-refractivity contribution is 0.287. The Labute approximate surface area is 99.5 Å². The van der Waals surface area contributed by atoms with Gasteiger partial charge in [-0.1, -0.05) is 13.8 Å². The molecular formula is C11H25NO3S. The normalized spacial score (nSPS) is 14.3. The van der Waals surface area contributed by atoms with Crippen LogP contribution in [-0.4, -0.2) is 31.9 Å². The van der Waals surface area contributed by atoms with Crippen LogP contribution in [0.3, 0.4) is 0 Å². The summed E-state index contributed by atoms with van der Waals surface area (Å²) in [6.07, 6.45) is 2.96. The molecule has 0 rings (SSSR count). The van der Waals surface area contributed by atoms with Gasteiger partial charge in [0.1, 0.15) is 0 Å². The summed E-state index contributed by atoms with van der Waals surface area (Å²) in [5, 5.41) is 8.58. The van der Waals surface area contributed by atoms with E-state index in [9.17, 15) is 8.42 Å². The van der Waals surface area contributed by atoms with Crippen LogP contribution in [0.25, 0.3) is 0 Å². The fourth-order valence-corrected chi connectivity index (χ4v) is 2.84. The van der Waals surface area contributed by atoms with Crippen molar-refractivity contribution >= 4 is 10.0 Å². The van der Waals surface area contributed by atoms with E-state index in [0.717, 1.165) is 12.8 Å². The van der Waals surface area contributed by atoms with Crippen LogP contribution < -0.4 is 4.72 Å². The van der Waals surface area contributed by atoms with Crippen molar-refractivity contribution in [1.82, 2.24) is 4.72 Å². The lowest BCUT2D eigenvalue weighted by Gasteiger charge is -2.15. The van der Waals surface area contributed by atoms with Crippen molar-refractivity contribution < 1.29 is 13.5 Å². The zero-order valence-electron chi connectivity index (χ0n) is 10.6. The number of unbranched alkanes of at least 4 members (excludes halogenated alkanes) is 1. The van der Waals surface area contributed by atoms with Crippen molar-refractivity contribution in [3.8, 4) is 0 Å². The Hall–Kier alpha value is -0.130. The molecule has 0 amide bonds. The van der Waals surface area contributed by atoms with E-state index in [-0.39, 0.29) is 18.4 Å². The number of hydrogen-bond donors (Lipinski definition) is 2. The molecule has 98 valence electrons. The smallest absolute Gasteiger partial charge is 0.211 e. The molecule has 0 aromatic carbocycles. The van der Waals surface area contributed by atoms with E-state index < -0.39 is 10.0 Å². The second kappa shape index (κ2) is 8.03. The first-order valence-electron chi connectivity index (χ1n) is 5.98. The summed E-state index contributed by atoms with van der Waals surface area (Å²) in [5.74, 6) is 0.709. The molecule has 0 aromatic heterocycles. The molecule has 0 radical (unpaired) electrons. The van der Waals surface area contributed by atoms with Crippen molar-refractivity contribution in [3.05, 3.63) is 0 Å². The van der Waals surface area contributed by atoms with E-state index in [1.807, 2.05) is 6.92 Å². The van der Waals surface area contributed by atoms with Gasteiger partial charge in [-0.05, 0) is 38.5 Å².